The van der Waals surface area contributed by atoms with Gasteiger partial charge in [-0.25, -0.2) is 4.98 Å². The first kappa shape index (κ1) is 14.9. The van der Waals surface area contributed by atoms with E-state index in [-0.39, 0.29) is 5.41 Å². The quantitative estimate of drug-likeness (QED) is 0.843. The number of hydrogen-bond acceptors (Lipinski definition) is 4. The van der Waals surface area contributed by atoms with Gasteiger partial charge >= 0.3 is 0 Å². The molecule has 0 unspecified atom stereocenters. The zero-order chi connectivity index (χ0) is 14.1. The summed E-state index contributed by atoms with van der Waals surface area (Å²) in [6, 6.07) is 0. The summed E-state index contributed by atoms with van der Waals surface area (Å²) in [5.41, 5.74) is 1.96. The molecule has 1 aromatic rings. The van der Waals surface area contributed by atoms with Crippen LogP contribution in [0, 0.1) is 5.41 Å². The number of methoxy groups -OCH3 is 1. The summed E-state index contributed by atoms with van der Waals surface area (Å²) >= 11 is 1.89. The van der Waals surface area contributed by atoms with Crippen LogP contribution in [0.15, 0.2) is 0 Å². The molecule has 3 nitrogen and oxygen atoms in total. The first-order valence-electron chi connectivity index (χ1n) is 7.03. The van der Waals surface area contributed by atoms with Crippen molar-refractivity contribution in [1.29, 1.82) is 0 Å². The summed E-state index contributed by atoms with van der Waals surface area (Å²) in [5.74, 6) is 0. The van der Waals surface area contributed by atoms with E-state index in [1.54, 1.807) is 7.11 Å². The molecule has 2 rings (SSSR count). The highest BCUT2D eigenvalue weighted by molar-refractivity contribution is 7.11. The van der Waals surface area contributed by atoms with Gasteiger partial charge in [0.1, 0.15) is 5.01 Å². The van der Waals surface area contributed by atoms with E-state index in [1.165, 1.54) is 22.0 Å². The lowest BCUT2D eigenvalue weighted by Gasteiger charge is -2.39. The van der Waals surface area contributed by atoms with E-state index in [9.17, 15) is 0 Å². The molecule has 1 aliphatic carbocycles. The number of aromatic nitrogens is 1. The van der Waals surface area contributed by atoms with E-state index in [2.05, 4.69) is 33.0 Å². The van der Waals surface area contributed by atoms with Gasteiger partial charge in [0.2, 0.25) is 0 Å². The highest BCUT2D eigenvalue weighted by Gasteiger charge is 2.39. The second kappa shape index (κ2) is 5.51. The number of thiazole rings is 1. The minimum Gasteiger partial charge on any atom is -0.383 e. The molecule has 0 radical (unpaired) electrons. The standard InChI is InChI=1S/C15H26N2OS/c1-14(2)8-11-13(15(3,4)10-14)19-12(17-11)9-16-6-7-18-5/h16H,6-10H2,1-5H3. The van der Waals surface area contributed by atoms with Gasteiger partial charge in [-0.15, -0.1) is 11.3 Å². The van der Waals surface area contributed by atoms with Crippen molar-refractivity contribution < 1.29 is 4.74 Å². The van der Waals surface area contributed by atoms with Crippen LogP contribution >= 0.6 is 11.3 Å². The van der Waals surface area contributed by atoms with E-state index < -0.39 is 0 Å². The molecule has 0 amide bonds. The average molecular weight is 282 g/mol. The molecule has 0 fully saturated rings. The molecule has 0 aromatic carbocycles. The van der Waals surface area contributed by atoms with E-state index in [1.807, 2.05) is 11.3 Å². The molecule has 1 aromatic heterocycles. The summed E-state index contributed by atoms with van der Waals surface area (Å²) in [5, 5.41) is 4.60. The van der Waals surface area contributed by atoms with Gasteiger partial charge in [-0.3, -0.25) is 0 Å². The van der Waals surface area contributed by atoms with Crippen molar-refractivity contribution >= 4 is 11.3 Å². The molecular formula is C15H26N2OS. The van der Waals surface area contributed by atoms with Crippen LogP contribution in [0.2, 0.25) is 0 Å². The maximum Gasteiger partial charge on any atom is 0.107 e. The van der Waals surface area contributed by atoms with Crippen molar-refractivity contribution in [3.8, 4) is 0 Å². The lowest BCUT2D eigenvalue weighted by atomic mass is 9.67. The average Bonchev–Trinajstić information content (AvgIpc) is 2.65. The lowest BCUT2D eigenvalue weighted by Crippen LogP contribution is -2.33. The Morgan fingerprint density at radius 1 is 1.32 bits per heavy atom. The Labute approximate surface area is 120 Å². The number of hydrogen-bond donors (Lipinski definition) is 1. The Hall–Kier alpha value is -0.450. The van der Waals surface area contributed by atoms with E-state index >= 15 is 0 Å². The molecule has 19 heavy (non-hydrogen) atoms. The zero-order valence-corrected chi connectivity index (χ0v) is 13.6. The number of nitrogens with zero attached hydrogens (tertiary/aromatic N) is 1. The fourth-order valence-electron chi connectivity index (χ4n) is 3.29. The van der Waals surface area contributed by atoms with E-state index in [0.717, 1.165) is 26.1 Å². The minimum atomic E-state index is 0.263. The van der Waals surface area contributed by atoms with Crippen LogP contribution in [0.1, 0.15) is 49.7 Å². The van der Waals surface area contributed by atoms with Crippen LogP contribution in [0.3, 0.4) is 0 Å². The van der Waals surface area contributed by atoms with Gasteiger partial charge in [0.25, 0.3) is 0 Å². The molecule has 0 spiro atoms. The fraction of sp³-hybridized carbons (Fsp3) is 0.800. The molecule has 0 bridgehead atoms. The largest absolute Gasteiger partial charge is 0.383 e. The number of fused-ring (bicyclic) bond motifs is 1. The maximum absolute atomic E-state index is 5.04. The maximum atomic E-state index is 5.04. The summed E-state index contributed by atoms with van der Waals surface area (Å²) in [6.07, 6.45) is 2.35. The van der Waals surface area contributed by atoms with Crippen LogP contribution in [0.5, 0.6) is 0 Å². The van der Waals surface area contributed by atoms with Gasteiger partial charge < -0.3 is 10.1 Å². The smallest absolute Gasteiger partial charge is 0.107 e. The van der Waals surface area contributed by atoms with Gasteiger partial charge in [0.15, 0.2) is 0 Å². The molecule has 108 valence electrons. The Bertz CT molecular complexity index is 437. The van der Waals surface area contributed by atoms with Crippen LogP contribution in [0.25, 0.3) is 0 Å². The van der Waals surface area contributed by atoms with E-state index in [0.29, 0.717) is 5.41 Å². The van der Waals surface area contributed by atoms with Gasteiger partial charge in [0, 0.05) is 30.5 Å². The molecule has 4 heteroatoms. The fourth-order valence-corrected chi connectivity index (χ4v) is 4.44. The molecule has 0 atom stereocenters. The zero-order valence-electron chi connectivity index (χ0n) is 12.8. The summed E-state index contributed by atoms with van der Waals surface area (Å²) in [4.78, 5) is 6.35. The third-order valence-electron chi connectivity index (χ3n) is 3.68. The monoisotopic (exact) mass is 282 g/mol. The Morgan fingerprint density at radius 3 is 2.74 bits per heavy atom. The molecule has 1 N–H and O–H groups in total. The highest BCUT2D eigenvalue weighted by Crippen LogP contribution is 2.47. The molecule has 1 heterocycles. The summed E-state index contributed by atoms with van der Waals surface area (Å²) in [7, 11) is 1.73. The summed E-state index contributed by atoms with van der Waals surface area (Å²) < 4.78 is 5.04. The van der Waals surface area contributed by atoms with Crippen LogP contribution in [-0.4, -0.2) is 25.2 Å². The molecular weight excluding hydrogens is 256 g/mol. The van der Waals surface area contributed by atoms with Crippen LogP contribution < -0.4 is 5.32 Å². The third kappa shape index (κ3) is 3.56. The van der Waals surface area contributed by atoms with Gasteiger partial charge in [-0.2, -0.15) is 0 Å². The number of rotatable bonds is 5. The molecule has 0 saturated carbocycles. The summed E-state index contributed by atoms with van der Waals surface area (Å²) in [6.45, 7) is 11.9. The van der Waals surface area contributed by atoms with E-state index in [4.69, 9.17) is 9.72 Å². The minimum absolute atomic E-state index is 0.263. The Balaban J connectivity index is 2.09. The Kier molecular flexibility index (Phi) is 4.33. The van der Waals surface area contributed by atoms with Crippen LogP contribution in [-0.2, 0) is 23.1 Å². The highest BCUT2D eigenvalue weighted by atomic mass is 32.1. The van der Waals surface area contributed by atoms with Crippen molar-refractivity contribution in [3.05, 3.63) is 15.6 Å². The van der Waals surface area contributed by atoms with Crippen LogP contribution in [0.4, 0.5) is 0 Å². The second-order valence-electron chi connectivity index (χ2n) is 6.95. The van der Waals surface area contributed by atoms with Gasteiger partial charge in [-0.05, 0) is 18.3 Å². The lowest BCUT2D eigenvalue weighted by molar-refractivity contribution is 0.199. The van der Waals surface area contributed by atoms with Crippen molar-refractivity contribution in [2.75, 3.05) is 20.3 Å². The SMILES string of the molecule is COCCNCc1nc2c(s1)C(C)(C)CC(C)(C)C2. The topological polar surface area (TPSA) is 34.1 Å². The van der Waals surface area contributed by atoms with Gasteiger partial charge in [0.05, 0.1) is 12.3 Å². The van der Waals surface area contributed by atoms with Crippen molar-refractivity contribution in [1.82, 2.24) is 10.3 Å². The third-order valence-corrected chi connectivity index (χ3v) is 5.15. The predicted octanol–water partition coefficient (Wildman–Crippen LogP) is 3.13. The first-order chi connectivity index (χ1) is 8.84. The Morgan fingerprint density at radius 2 is 2.05 bits per heavy atom. The molecule has 0 saturated heterocycles. The first-order valence-corrected chi connectivity index (χ1v) is 7.84. The number of nitrogens with one attached hydrogen (secondary N) is 1. The predicted molar refractivity (Wildman–Crippen MR) is 80.8 cm³/mol. The normalized spacial score (nSPS) is 20.3. The molecule has 0 aliphatic heterocycles. The van der Waals surface area contributed by atoms with Crippen molar-refractivity contribution in [3.63, 3.8) is 0 Å². The van der Waals surface area contributed by atoms with Gasteiger partial charge in [-0.1, -0.05) is 27.7 Å². The van der Waals surface area contributed by atoms with Crippen molar-refractivity contribution in [2.24, 2.45) is 5.41 Å². The second-order valence-corrected chi connectivity index (χ2v) is 8.04. The molecule has 1 aliphatic rings. The van der Waals surface area contributed by atoms with Crippen molar-refractivity contribution in [2.45, 2.75) is 52.5 Å². The number of ether oxygens (including phenoxy) is 1.